The van der Waals surface area contributed by atoms with E-state index in [-0.39, 0.29) is 11.5 Å². The highest BCUT2D eigenvalue weighted by Crippen LogP contribution is 2.26. The number of carbonyl (C=O) groups excluding carboxylic acids is 1. The van der Waals surface area contributed by atoms with Crippen LogP contribution in [-0.2, 0) is 6.54 Å². The SMILES string of the molecule is O=C(Nc1ccc(=O)[nH]c1)c1n[nH]c2ccc(-c3cncc(CN4CCCC4)c3)cc12. The van der Waals surface area contributed by atoms with Crippen molar-refractivity contribution in [2.75, 3.05) is 18.4 Å². The molecule has 0 atom stereocenters. The first-order chi connectivity index (χ1) is 15.2. The molecule has 0 aliphatic carbocycles. The quantitative estimate of drug-likeness (QED) is 0.465. The van der Waals surface area contributed by atoms with Crippen LogP contribution in [0.5, 0.6) is 0 Å². The Balaban J connectivity index is 1.43. The third-order valence-corrected chi connectivity index (χ3v) is 5.55. The zero-order chi connectivity index (χ0) is 21.2. The molecule has 156 valence electrons. The van der Waals surface area contributed by atoms with Crippen LogP contribution in [0.2, 0.25) is 0 Å². The van der Waals surface area contributed by atoms with Gasteiger partial charge >= 0.3 is 0 Å². The summed E-state index contributed by atoms with van der Waals surface area (Å²) < 4.78 is 0. The molecule has 8 heteroatoms. The number of carbonyl (C=O) groups is 1. The van der Waals surface area contributed by atoms with Crippen LogP contribution in [0.1, 0.15) is 28.9 Å². The predicted octanol–water partition coefficient (Wildman–Crippen LogP) is 3.16. The van der Waals surface area contributed by atoms with Gasteiger partial charge in [-0.15, -0.1) is 0 Å². The second-order valence-corrected chi connectivity index (χ2v) is 7.79. The molecule has 5 rings (SSSR count). The molecular formula is C23H22N6O2. The number of benzene rings is 1. The van der Waals surface area contributed by atoms with E-state index < -0.39 is 0 Å². The zero-order valence-electron chi connectivity index (χ0n) is 16.9. The fraction of sp³-hybridized carbons (Fsp3) is 0.217. The van der Waals surface area contributed by atoms with E-state index in [1.165, 1.54) is 30.7 Å². The number of amides is 1. The van der Waals surface area contributed by atoms with Gasteiger partial charge < -0.3 is 10.3 Å². The number of hydrogen-bond donors (Lipinski definition) is 3. The van der Waals surface area contributed by atoms with Crippen LogP contribution in [0.4, 0.5) is 5.69 Å². The van der Waals surface area contributed by atoms with Crippen LogP contribution >= 0.6 is 0 Å². The Labute approximate surface area is 178 Å². The van der Waals surface area contributed by atoms with Crippen LogP contribution in [0.3, 0.4) is 0 Å². The molecule has 4 heterocycles. The Morgan fingerprint density at radius 1 is 1.06 bits per heavy atom. The number of hydrogen-bond acceptors (Lipinski definition) is 5. The number of pyridine rings is 2. The standard InChI is InChI=1S/C23H22N6O2/c30-21-6-4-18(13-25-21)26-23(31)22-19-10-16(3-5-20(19)27-28-22)17-9-15(11-24-12-17)14-29-7-1-2-8-29/h3-6,9-13H,1-2,7-8,14H2,(H,25,30)(H,26,31)(H,27,28). The minimum Gasteiger partial charge on any atom is -0.327 e. The van der Waals surface area contributed by atoms with Crippen molar-refractivity contribution in [2.24, 2.45) is 0 Å². The van der Waals surface area contributed by atoms with Crippen molar-refractivity contribution in [3.8, 4) is 11.1 Å². The monoisotopic (exact) mass is 414 g/mol. The molecule has 0 saturated carbocycles. The molecule has 0 spiro atoms. The summed E-state index contributed by atoms with van der Waals surface area (Å²) in [7, 11) is 0. The highest BCUT2D eigenvalue weighted by atomic mass is 16.2. The average molecular weight is 414 g/mol. The van der Waals surface area contributed by atoms with E-state index in [4.69, 9.17) is 0 Å². The number of likely N-dealkylation sites (tertiary alicyclic amines) is 1. The van der Waals surface area contributed by atoms with Gasteiger partial charge in [-0.05, 0) is 61.3 Å². The largest absolute Gasteiger partial charge is 0.327 e. The van der Waals surface area contributed by atoms with Crippen molar-refractivity contribution in [2.45, 2.75) is 19.4 Å². The van der Waals surface area contributed by atoms with E-state index in [1.54, 1.807) is 6.07 Å². The molecule has 0 bridgehead atoms. The lowest BCUT2D eigenvalue weighted by Crippen LogP contribution is -2.18. The molecule has 1 aromatic carbocycles. The third-order valence-electron chi connectivity index (χ3n) is 5.55. The lowest BCUT2D eigenvalue weighted by atomic mass is 10.0. The first-order valence-electron chi connectivity index (χ1n) is 10.3. The summed E-state index contributed by atoms with van der Waals surface area (Å²) in [5.41, 5.74) is 4.50. The number of aromatic amines is 2. The van der Waals surface area contributed by atoms with Gasteiger partial charge in [0.05, 0.1) is 11.2 Å². The van der Waals surface area contributed by atoms with E-state index in [0.717, 1.165) is 41.7 Å². The predicted molar refractivity (Wildman–Crippen MR) is 119 cm³/mol. The van der Waals surface area contributed by atoms with Crippen molar-refractivity contribution in [3.63, 3.8) is 0 Å². The Morgan fingerprint density at radius 3 is 2.74 bits per heavy atom. The molecule has 3 aromatic heterocycles. The summed E-state index contributed by atoms with van der Waals surface area (Å²) >= 11 is 0. The maximum absolute atomic E-state index is 12.8. The van der Waals surface area contributed by atoms with Crippen molar-refractivity contribution < 1.29 is 4.79 Å². The molecule has 0 unspecified atom stereocenters. The normalized spacial score (nSPS) is 14.2. The van der Waals surface area contributed by atoms with Gasteiger partial charge in [0, 0.05) is 42.2 Å². The Hall–Kier alpha value is -3.78. The molecule has 1 saturated heterocycles. The fourth-order valence-corrected chi connectivity index (χ4v) is 3.98. The second-order valence-electron chi connectivity index (χ2n) is 7.79. The molecule has 31 heavy (non-hydrogen) atoms. The lowest BCUT2D eigenvalue weighted by molar-refractivity contribution is 0.102. The first-order valence-corrected chi connectivity index (χ1v) is 10.3. The van der Waals surface area contributed by atoms with Gasteiger partial charge in [0.1, 0.15) is 0 Å². The van der Waals surface area contributed by atoms with Crippen LogP contribution in [-0.4, -0.2) is 44.1 Å². The Kier molecular flexibility index (Phi) is 5.05. The van der Waals surface area contributed by atoms with Crippen molar-refractivity contribution in [1.29, 1.82) is 0 Å². The van der Waals surface area contributed by atoms with E-state index in [0.29, 0.717) is 11.4 Å². The Morgan fingerprint density at radius 2 is 1.94 bits per heavy atom. The molecule has 3 N–H and O–H groups in total. The molecule has 1 fully saturated rings. The summed E-state index contributed by atoms with van der Waals surface area (Å²) in [6, 6.07) is 10.9. The van der Waals surface area contributed by atoms with E-state index in [2.05, 4.69) is 36.4 Å². The van der Waals surface area contributed by atoms with Crippen molar-refractivity contribution in [1.82, 2.24) is 25.1 Å². The van der Waals surface area contributed by atoms with Gasteiger partial charge in [-0.3, -0.25) is 24.6 Å². The summed E-state index contributed by atoms with van der Waals surface area (Å²) in [4.78, 5) is 33.4. The molecule has 0 radical (unpaired) electrons. The summed E-state index contributed by atoms with van der Waals surface area (Å²) in [5, 5.41) is 10.6. The van der Waals surface area contributed by atoms with Crippen LogP contribution in [0.25, 0.3) is 22.0 Å². The highest BCUT2D eigenvalue weighted by Gasteiger charge is 2.16. The molecule has 4 aromatic rings. The number of H-pyrrole nitrogens is 2. The molecule has 1 amide bonds. The van der Waals surface area contributed by atoms with Crippen LogP contribution in [0, 0.1) is 0 Å². The minimum atomic E-state index is -0.351. The molecule has 8 nitrogen and oxygen atoms in total. The van der Waals surface area contributed by atoms with Gasteiger partial charge in [0.2, 0.25) is 5.56 Å². The second kappa shape index (κ2) is 8.16. The average Bonchev–Trinajstić information content (AvgIpc) is 3.45. The zero-order valence-corrected chi connectivity index (χ0v) is 16.9. The van der Waals surface area contributed by atoms with Crippen LogP contribution < -0.4 is 10.9 Å². The van der Waals surface area contributed by atoms with Gasteiger partial charge in [-0.25, -0.2) is 0 Å². The number of nitrogens with zero attached hydrogens (tertiary/aromatic N) is 3. The highest BCUT2D eigenvalue weighted by molar-refractivity contribution is 6.11. The molecule has 1 aliphatic rings. The summed E-state index contributed by atoms with van der Waals surface area (Å²) in [5.74, 6) is -0.351. The molecule has 1 aliphatic heterocycles. The summed E-state index contributed by atoms with van der Waals surface area (Å²) in [6.07, 6.45) is 7.73. The maximum Gasteiger partial charge on any atom is 0.276 e. The number of fused-ring (bicyclic) bond motifs is 1. The Bertz CT molecular complexity index is 1280. The molecular weight excluding hydrogens is 392 g/mol. The number of aromatic nitrogens is 4. The minimum absolute atomic E-state index is 0.228. The van der Waals surface area contributed by atoms with Gasteiger partial charge in [-0.2, -0.15) is 5.10 Å². The number of rotatable bonds is 5. The van der Waals surface area contributed by atoms with E-state index in [1.807, 2.05) is 30.6 Å². The first kappa shape index (κ1) is 19.2. The number of anilines is 1. The van der Waals surface area contributed by atoms with Gasteiger partial charge in [0.15, 0.2) is 5.69 Å². The summed E-state index contributed by atoms with van der Waals surface area (Å²) in [6.45, 7) is 3.18. The smallest absolute Gasteiger partial charge is 0.276 e. The van der Waals surface area contributed by atoms with Gasteiger partial charge in [-0.1, -0.05) is 6.07 Å². The van der Waals surface area contributed by atoms with Crippen molar-refractivity contribution in [3.05, 3.63) is 76.6 Å². The maximum atomic E-state index is 12.8. The van der Waals surface area contributed by atoms with E-state index in [9.17, 15) is 9.59 Å². The van der Waals surface area contributed by atoms with Crippen molar-refractivity contribution >= 4 is 22.5 Å². The lowest BCUT2D eigenvalue weighted by Gasteiger charge is -2.14. The van der Waals surface area contributed by atoms with Crippen LogP contribution in [0.15, 0.2) is 59.8 Å². The number of nitrogens with one attached hydrogen (secondary N) is 3. The third kappa shape index (κ3) is 4.10. The van der Waals surface area contributed by atoms with E-state index >= 15 is 0 Å². The topological polar surface area (TPSA) is 107 Å². The van der Waals surface area contributed by atoms with Gasteiger partial charge in [0.25, 0.3) is 5.91 Å². The fourth-order valence-electron chi connectivity index (χ4n) is 3.98.